The second kappa shape index (κ2) is 3.14. The smallest absolute Gasteiger partial charge is 0.268 e. The van der Waals surface area contributed by atoms with Crippen molar-refractivity contribution < 1.29 is 4.92 Å². The number of nitrogens with zero attached hydrogens (tertiary/aromatic N) is 3. The summed E-state index contributed by atoms with van der Waals surface area (Å²) in [5, 5.41) is 14.0. The topological polar surface area (TPSA) is 61.0 Å². The molecule has 1 rings (SSSR count). The van der Waals surface area contributed by atoms with E-state index in [1.165, 1.54) is 10.9 Å². The van der Waals surface area contributed by atoms with E-state index in [1.807, 2.05) is 0 Å². The van der Waals surface area contributed by atoms with E-state index in [9.17, 15) is 10.1 Å². The van der Waals surface area contributed by atoms with E-state index in [0.717, 1.165) is 0 Å². The largest absolute Gasteiger partial charge is 0.309 e. The fourth-order valence-corrected chi connectivity index (χ4v) is 0.766. The maximum absolute atomic E-state index is 10.2. The first-order chi connectivity index (χ1) is 4.61. The van der Waals surface area contributed by atoms with Crippen LogP contribution in [0.5, 0.6) is 0 Å². The summed E-state index contributed by atoms with van der Waals surface area (Å²) in [5.41, 5.74) is 0.523. The van der Waals surface area contributed by atoms with Gasteiger partial charge in [-0.25, -0.2) is 0 Å². The second-order valence-corrected chi connectivity index (χ2v) is 2.03. The first-order valence-corrected chi connectivity index (χ1v) is 2.76. The van der Waals surface area contributed by atoms with Crippen LogP contribution >= 0.6 is 0 Å². The molecule has 0 atom stereocenters. The van der Waals surface area contributed by atoms with Gasteiger partial charge in [0.15, 0.2) is 0 Å². The predicted molar refractivity (Wildman–Crippen MR) is 41.3 cm³/mol. The summed E-state index contributed by atoms with van der Waals surface area (Å²) in [5.74, 6) is 0. The highest BCUT2D eigenvalue weighted by Crippen LogP contribution is 2.13. The van der Waals surface area contributed by atoms with Crippen LogP contribution in [-0.4, -0.2) is 14.7 Å². The number of aromatic nitrogens is 2. The zero-order chi connectivity index (χ0) is 7.72. The van der Waals surface area contributed by atoms with Crippen LogP contribution in [0.4, 0.5) is 5.69 Å². The molecule has 0 aromatic carbocycles. The van der Waals surface area contributed by atoms with E-state index in [-0.39, 0.29) is 13.1 Å². The molecule has 0 spiro atoms. The van der Waals surface area contributed by atoms with Crippen LogP contribution in [0.3, 0.4) is 0 Å². The summed E-state index contributed by atoms with van der Waals surface area (Å²) in [7, 11) is 1.65. The number of nitro groups is 1. The zero-order valence-corrected chi connectivity index (χ0v) is 5.74. The van der Waals surface area contributed by atoms with Gasteiger partial charge in [-0.15, -0.1) is 0 Å². The Kier molecular flexibility index (Phi) is 2.74. The van der Waals surface area contributed by atoms with Crippen molar-refractivity contribution in [2.24, 2.45) is 7.05 Å². The normalized spacial score (nSPS) is 8.91. The van der Waals surface area contributed by atoms with Crippen molar-refractivity contribution in [3.8, 4) is 0 Å². The Morgan fingerprint density at radius 2 is 2.27 bits per heavy atom. The van der Waals surface area contributed by atoms with Gasteiger partial charge in [0, 0.05) is 7.05 Å². The average Bonchev–Trinajstić information content (AvgIpc) is 2.10. The minimum absolute atomic E-state index is 0. The highest BCUT2D eigenvalue weighted by molar-refractivity contribution is 5.30. The van der Waals surface area contributed by atoms with Crippen LogP contribution in [0.1, 0.15) is 13.1 Å². The minimum atomic E-state index is -0.442. The van der Waals surface area contributed by atoms with Gasteiger partial charge in [-0.2, -0.15) is 5.10 Å². The molecule has 0 N–H and O–H groups in total. The van der Waals surface area contributed by atoms with Crippen LogP contribution in [-0.2, 0) is 7.05 Å². The van der Waals surface area contributed by atoms with E-state index >= 15 is 0 Å². The lowest BCUT2D eigenvalue weighted by Crippen LogP contribution is -1.86. The highest BCUT2D eigenvalue weighted by atomic mass is 16.6. The maximum atomic E-state index is 10.2. The number of hydrogen-bond donors (Lipinski definition) is 0. The van der Waals surface area contributed by atoms with Crippen molar-refractivity contribution in [3.63, 3.8) is 0 Å². The quantitative estimate of drug-likeness (QED) is 0.455. The Bertz CT molecular complexity index is 267. The maximum Gasteiger partial charge on any atom is 0.309 e. The van der Waals surface area contributed by atoms with Crippen LogP contribution in [0, 0.1) is 17.0 Å². The van der Waals surface area contributed by atoms with E-state index in [4.69, 9.17) is 0 Å². The molecule has 0 aliphatic heterocycles. The molecule has 1 aromatic heterocycles. The van der Waals surface area contributed by atoms with E-state index in [1.54, 1.807) is 14.0 Å². The molecule has 5 heteroatoms. The molecule has 0 fully saturated rings. The van der Waals surface area contributed by atoms with Crippen molar-refractivity contribution in [2.75, 3.05) is 0 Å². The molecule has 62 valence electrons. The standard InChI is InChI=1S/C5H7N3O2.CH4/c1-4-5(8(9)10)3-7(2)6-4;/h3H,1-2H3;1H4. The van der Waals surface area contributed by atoms with Crippen molar-refractivity contribution >= 4 is 5.69 Å². The first-order valence-electron chi connectivity index (χ1n) is 2.76. The van der Waals surface area contributed by atoms with Gasteiger partial charge in [0.05, 0.1) is 4.92 Å². The van der Waals surface area contributed by atoms with Gasteiger partial charge in [-0.05, 0) is 6.92 Å². The van der Waals surface area contributed by atoms with Gasteiger partial charge in [0.25, 0.3) is 0 Å². The Balaban J connectivity index is 0.000001000. The van der Waals surface area contributed by atoms with E-state index < -0.39 is 4.92 Å². The number of hydrogen-bond acceptors (Lipinski definition) is 3. The van der Waals surface area contributed by atoms with Crippen molar-refractivity contribution in [1.82, 2.24) is 9.78 Å². The lowest BCUT2D eigenvalue weighted by atomic mass is 10.4. The summed E-state index contributed by atoms with van der Waals surface area (Å²) in [6.07, 6.45) is 1.38. The Labute approximate surface area is 64.8 Å². The summed E-state index contributed by atoms with van der Waals surface area (Å²) in [6.45, 7) is 1.61. The van der Waals surface area contributed by atoms with Gasteiger partial charge in [-0.3, -0.25) is 14.8 Å². The number of aryl methyl sites for hydroxylation is 2. The molecule has 1 heterocycles. The second-order valence-electron chi connectivity index (χ2n) is 2.03. The third kappa shape index (κ3) is 1.76. The third-order valence-corrected chi connectivity index (χ3v) is 1.18. The SMILES string of the molecule is C.Cc1nn(C)cc1[N+](=O)[O-]. The molecule has 0 aliphatic rings. The Morgan fingerprint density at radius 1 is 1.73 bits per heavy atom. The lowest BCUT2D eigenvalue weighted by molar-refractivity contribution is -0.385. The van der Waals surface area contributed by atoms with E-state index in [0.29, 0.717) is 5.69 Å². The predicted octanol–water partition coefficient (Wildman–Crippen LogP) is 1.27. The first kappa shape index (κ1) is 9.61. The molecule has 0 amide bonds. The monoisotopic (exact) mass is 157 g/mol. The van der Waals surface area contributed by atoms with Gasteiger partial charge < -0.3 is 0 Å². The van der Waals surface area contributed by atoms with Crippen molar-refractivity contribution in [1.29, 1.82) is 0 Å². The lowest BCUT2D eigenvalue weighted by Gasteiger charge is -1.81. The summed E-state index contributed by atoms with van der Waals surface area (Å²) < 4.78 is 1.42. The molecule has 5 nitrogen and oxygen atoms in total. The average molecular weight is 157 g/mol. The summed E-state index contributed by atoms with van der Waals surface area (Å²) in [6, 6.07) is 0. The van der Waals surface area contributed by atoms with Crippen LogP contribution in [0.15, 0.2) is 6.20 Å². The Hall–Kier alpha value is -1.39. The van der Waals surface area contributed by atoms with Crippen LogP contribution in [0.2, 0.25) is 0 Å². The van der Waals surface area contributed by atoms with Crippen molar-refractivity contribution in [3.05, 3.63) is 22.0 Å². The summed E-state index contributed by atoms with van der Waals surface area (Å²) in [4.78, 5) is 9.75. The van der Waals surface area contributed by atoms with Crippen molar-refractivity contribution in [2.45, 2.75) is 14.4 Å². The molecule has 11 heavy (non-hydrogen) atoms. The summed E-state index contributed by atoms with van der Waals surface area (Å²) >= 11 is 0. The Morgan fingerprint density at radius 3 is 2.45 bits per heavy atom. The molecule has 0 radical (unpaired) electrons. The molecule has 0 saturated heterocycles. The minimum Gasteiger partial charge on any atom is -0.268 e. The molecule has 0 unspecified atom stereocenters. The number of rotatable bonds is 1. The molecule has 0 aliphatic carbocycles. The molecular weight excluding hydrogens is 146 g/mol. The molecule has 0 saturated carbocycles. The van der Waals surface area contributed by atoms with Crippen LogP contribution in [0.25, 0.3) is 0 Å². The van der Waals surface area contributed by atoms with E-state index in [2.05, 4.69) is 5.10 Å². The fourth-order valence-electron chi connectivity index (χ4n) is 0.766. The van der Waals surface area contributed by atoms with Gasteiger partial charge in [-0.1, -0.05) is 7.43 Å². The van der Waals surface area contributed by atoms with Gasteiger partial charge in [0.2, 0.25) is 0 Å². The molecular formula is C6H11N3O2. The van der Waals surface area contributed by atoms with Gasteiger partial charge >= 0.3 is 5.69 Å². The third-order valence-electron chi connectivity index (χ3n) is 1.18. The van der Waals surface area contributed by atoms with Gasteiger partial charge in [0.1, 0.15) is 11.9 Å². The highest BCUT2D eigenvalue weighted by Gasteiger charge is 2.12. The molecule has 1 aromatic rings. The fraction of sp³-hybridized carbons (Fsp3) is 0.500. The van der Waals surface area contributed by atoms with Crippen LogP contribution < -0.4 is 0 Å². The zero-order valence-electron chi connectivity index (χ0n) is 5.74. The molecule has 0 bridgehead atoms.